The average Bonchev–Trinajstić information content (AvgIpc) is 2.70. The van der Waals surface area contributed by atoms with E-state index in [-0.39, 0.29) is 49.4 Å². The lowest BCUT2D eigenvalue weighted by molar-refractivity contribution is -0.135. The molecule has 0 radical (unpaired) electrons. The summed E-state index contributed by atoms with van der Waals surface area (Å²) in [5.41, 5.74) is 0.457. The highest BCUT2D eigenvalue weighted by Crippen LogP contribution is 2.27. The quantitative estimate of drug-likeness (QED) is 0.603. The van der Waals surface area contributed by atoms with Crippen LogP contribution in [0.5, 0.6) is 11.5 Å². The Kier molecular flexibility index (Phi) is 7.84. The molecule has 0 bridgehead atoms. The zero-order chi connectivity index (χ0) is 21.4. The van der Waals surface area contributed by atoms with Crippen LogP contribution >= 0.6 is 0 Å². The lowest BCUT2D eigenvalue weighted by Crippen LogP contribution is -2.51. The molecule has 1 aliphatic heterocycles. The Morgan fingerprint density at radius 3 is 2.59 bits per heavy atom. The lowest BCUT2D eigenvalue weighted by Gasteiger charge is -2.29. The number of hydrogen-bond acceptors (Lipinski definition) is 7. The molecule has 1 fully saturated rings. The van der Waals surface area contributed by atoms with E-state index in [0.717, 1.165) is 0 Å². The Morgan fingerprint density at radius 2 is 1.97 bits per heavy atom. The van der Waals surface area contributed by atoms with Gasteiger partial charge >= 0.3 is 0 Å². The minimum atomic E-state index is -3.06. The minimum absolute atomic E-state index is 0.0461. The van der Waals surface area contributed by atoms with Gasteiger partial charge < -0.3 is 19.7 Å². The molecular weight excluding hydrogens is 398 g/mol. The highest BCUT2D eigenvalue weighted by atomic mass is 32.2. The fourth-order valence-corrected chi connectivity index (χ4v) is 4.05. The number of amides is 2. The van der Waals surface area contributed by atoms with Crippen LogP contribution < -0.4 is 14.8 Å². The van der Waals surface area contributed by atoms with E-state index < -0.39 is 15.9 Å². The molecule has 10 heteroatoms. The monoisotopic (exact) mass is 423 g/mol. The van der Waals surface area contributed by atoms with E-state index in [1.54, 1.807) is 25.1 Å². The van der Waals surface area contributed by atoms with E-state index in [1.807, 2.05) is 6.07 Å². The average molecular weight is 423 g/mol. The Balaban J connectivity index is 1.73. The second-order valence-electron chi connectivity index (χ2n) is 6.70. The van der Waals surface area contributed by atoms with Gasteiger partial charge in [0.1, 0.15) is 6.04 Å². The summed E-state index contributed by atoms with van der Waals surface area (Å²) in [6.45, 7) is 2.16. The third-order valence-electron chi connectivity index (χ3n) is 4.50. The van der Waals surface area contributed by atoms with Crippen molar-refractivity contribution < 1.29 is 27.5 Å². The van der Waals surface area contributed by atoms with Crippen LogP contribution in [0.1, 0.15) is 25.3 Å². The van der Waals surface area contributed by atoms with Crippen molar-refractivity contribution in [3.63, 3.8) is 0 Å². The van der Waals surface area contributed by atoms with E-state index >= 15 is 0 Å². The molecule has 0 spiro atoms. The largest absolute Gasteiger partial charge is 0.493 e. The molecule has 1 aromatic carbocycles. The van der Waals surface area contributed by atoms with Crippen molar-refractivity contribution in [3.05, 3.63) is 23.8 Å². The molecule has 9 nitrogen and oxygen atoms in total. The molecular formula is C19H25N3O6S. The number of nitrogens with one attached hydrogen (secondary N) is 1. The SMILES string of the molecule is COc1cc(C#N)ccc1OCCCC(=O)NC(C)C(=O)N1CCS(=O)(=O)CC1. The summed E-state index contributed by atoms with van der Waals surface area (Å²) >= 11 is 0. The minimum Gasteiger partial charge on any atom is -0.493 e. The maximum Gasteiger partial charge on any atom is 0.244 e. The Morgan fingerprint density at radius 1 is 1.28 bits per heavy atom. The lowest BCUT2D eigenvalue weighted by atomic mass is 10.2. The maximum absolute atomic E-state index is 12.3. The first-order valence-corrected chi connectivity index (χ1v) is 11.1. The van der Waals surface area contributed by atoms with Gasteiger partial charge in [-0.3, -0.25) is 9.59 Å². The van der Waals surface area contributed by atoms with Gasteiger partial charge in [0, 0.05) is 25.6 Å². The zero-order valence-corrected chi connectivity index (χ0v) is 17.3. The molecule has 1 saturated heterocycles. The topological polar surface area (TPSA) is 126 Å². The van der Waals surface area contributed by atoms with Gasteiger partial charge in [-0.05, 0) is 25.5 Å². The number of carbonyl (C=O) groups is 2. The summed E-state index contributed by atoms with van der Waals surface area (Å²) in [6.07, 6.45) is 0.600. The molecule has 1 heterocycles. The normalized spacial score (nSPS) is 16.4. The summed E-state index contributed by atoms with van der Waals surface area (Å²) in [7, 11) is -1.59. The van der Waals surface area contributed by atoms with Gasteiger partial charge in [0.05, 0.1) is 36.9 Å². The molecule has 1 aliphatic rings. The molecule has 1 aromatic rings. The molecule has 1 N–H and O–H groups in total. The Hall–Kier alpha value is -2.80. The predicted molar refractivity (Wildman–Crippen MR) is 105 cm³/mol. The maximum atomic E-state index is 12.3. The van der Waals surface area contributed by atoms with Crippen LogP contribution in [0.25, 0.3) is 0 Å². The van der Waals surface area contributed by atoms with Crippen LogP contribution in [0.15, 0.2) is 18.2 Å². The van der Waals surface area contributed by atoms with Gasteiger partial charge in [0.15, 0.2) is 21.3 Å². The van der Waals surface area contributed by atoms with Crippen LogP contribution in [0.2, 0.25) is 0 Å². The number of rotatable bonds is 8. The number of benzene rings is 1. The first-order chi connectivity index (χ1) is 13.8. The second-order valence-corrected chi connectivity index (χ2v) is 9.00. The van der Waals surface area contributed by atoms with Gasteiger partial charge in [0.25, 0.3) is 0 Å². The summed E-state index contributed by atoms with van der Waals surface area (Å²) < 4.78 is 33.7. The number of nitriles is 1. The molecule has 29 heavy (non-hydrogen) atoms. The van der Waals surface area contributed by atoms with Gasteiger partial charge in [-0.1, -0.05) is 0 Å². The molecule has 1 atom stereocenters. The van der Waals surface area contributed by atoms with E-state index in [9.17, 15) is 18.0 Å². The highest BCUT2D eigenvalue weighted by Gasteiger charge is 2.28. The van der Waals surface area contributed by atoms with Crippen LogP contribution in [-0.4, -0.2) is 69.5 Å². The van der Waals surface area contributed by atoms with Crippen molar-refractivity contribution in [3.8, 4) is 17.6 Å². The smallest absolute Gasteiger partial charge is 0.244 e. The Bertz CT molecular complexity index is 880. The fraction of sp³-hybridized carbons (Fsp3) is 0.526. The van der Waals surface area contributed by atoms with E-state index in [1.165, 1.54) is 12.0 Å². The molecule has 0 aliphatic carbocycles. The van der Waals surface area contributed by atoms with Crippen LogP contribution in [0.3, 0.4) is 0 Å². The summed E-state index contributed by atoms with van der Waals surface area (Å²) in [5, 5.41) is 11.5. The summed E-state index contributed by atoms with van der Waals surface area (Å²) in [6, 6.07) is 6.12. The first-order valence-electron chi connectivity index (χ1n) is 9.25. The van der Waals surface area contributed by atoms with Gasteiger partial charge in [-0.15, -0.1) is 0 Å². The van der Waals surface area contributed by atoms with Crippen LogP contribution in [0, 0.1) is 11.3 Å². The molecule has 158 valence electrons. The van der Waals surface area contributed by atoms with Crippen molar-refractivity contribution >= 4 is 21.7 Å². The number of nitrogens with zero attached hydrogens (tertiary/aromatic N) is 2. The van der Waals surface area contributed by atoms with Gasteiger partial charge in [-0.25, -0.2) is 8.42 Å². The van der Waals surface area contributed by atoms with Gasteiger partial charge in [0.2, 0.25) is 11.8 Å². The van der Waals surface area contributed by atoms with Crippen molar-refractivity contribution in [2.75, 3.05) is 38.3 Å². The third kappa shape index (κ3) is 6.64. The van der Waals surface area contributed by atoms with Crippen molar-refractivity contribution in [1.82, 2.24) is 10.2 Å². The van der Waals surface area contributed by atoms with Crippen molar-refractivity contribution in [1.29, 1.82) is 5.26 Å². The number of carbonyl (C=O) groups excluding carboxylic acids is 2. The predicted octanol–water partition coefficient (Wildman–Crippen LogP) is 0.488. The third-order valence-corrected chi connectivity index (χ3v) is 6.11. The molecule has 0 saturated carbocycles. The fourth-order valence-electron chi connectivity index (χ4n) is 2.85. The standard InChI is InChI=1S/C19H25N3O6S/c1-14(19(24)22-7-10-29(25,26)11-8-22)21-18(23)4-3-9-28-16-6-5-15(13-20)12-17(16)27-2/h5-6,12,14H,3-4,7-11H2,1-2H3,(H,21,23). The summed E-state index contributed by atoms with van der Waals surface area (Å²) in [4.78, 5) is 25.9. The van der Waals surface area contributed by atoms with E-state index in [0.29, 0.717) is 23.5 Å². The number of sulfone groups is 1. The highest BCUT2D eigenvalue weighted by molar-refractivity contribution is 7.91. The van der Waals surface area contributed by atoms with Crippen molar-refractivity contribution in [2.24, 2.45) is 0 Å². The zero-order valence-electron chi connectivity index (χ0n) is 16.5. The van der Waals surface area contributed by atoms with E-state index in [2.05, 4.69) is 5.32 Å². The first kappa shape index (κ1) is 22.5. The molecule has 1 unspecified atom stereocenters. The second kappa shape index (κ2) is 10.1. The molecule has 2 amide bonds. The van der Waals surface area contributed by atoms with E-state index in [4.69, 9.17) is 14.7 Å². The number of hydrogen-bond donors (Lipinski definition) is 1. The number of methoxy groups -OCH3 is 1. The van der Waals surface area contributed by atoms with Crippen molar-refractivity contribution in [2.45, 2.75) is 25.8 Å². The summed E-state index contributed by atoms with van der Waals surface area (Å²) in [5.74, 6) is 0.259. The van der Waals surface area contributed by atoms with Crippen LogP contribution in [0.4, 0.5) is 0 Å². The number of ether oxygens (including phenoxy) is 2. The van der Waals surface area contributed by atoms with Gasteiger partial charge in [-0.2, -0.15) is 5.26 Å². The Labute approximate surface area is 170 Å². The molecule has 2 rings (SSSR count). The molecule has 0 aromatic heterocycles. The van der Waals surface area contributed by atoms with Crippen LogP contribution in [-0.2, 0) is 19.4 Å².